The van der Waals surface area contributed by atoms with E-state index < -0.39 is 5.82 Å². The molecule has 1 heterocycles. The molecule has 1 saturated carbocycles. The van der Waals surface area contributed by atoms with E-state index in [-0.39, 0.29) is 29.7 Å². The third-order valence-corrected chi connectivity index (χ3v) is 4.84. The van der Waals surface area contributed by atoms with E-state index in [1.54, 1.807) is 12.1 Å². The molecule has 7 nitrogen and oxygen atoms in total. The van der Waals surface area contributed by atoms with Gasteiger partial charge in [0, 0.05) is 17.8 Å². The van der Waals surface area contributed by atoms with Crippen molar-refractivity contribution in [2.45, 2.75) is 37.8 Å². The molecule has 1 aliphatic rings. The number of hydrogen-bond acceptors (Lipinski definition) is 7. The molecule has 0 spiro atoms. The largest absolute Gasteiger partial charge is 0.467 e. The molecule has 1 aromatic carbocycles. The Hall–Kier alpha value is -2.45. The topological polar surface area (TPSA) is 85.4 Å². The molecule has 0 bridgehead atoms. The summed E-state index contributed by atoms with van der Waals surface area (Å²) in [5.74, 6) is 0.451. The molecule has 150 valence electrons. The summed E-state index contributed by atoms with van der Waals surface area (Å²) in [5, 5.41) is 6.53. The number of rotatable bonds is 7. The number of carbonyl (C=O) groups excluding carboxylic acids is 1. The Bertz CT molecular complexity index is 816. The number of hydrogen-bond donors (Lipinski definition) is 2. The number of methoxy groups -OCH3 is 1. The van der Waals surface area contributed by atoms with Crippen molar-refractivity contribution in [3.8, 4) is 0 Å². The summed E-state index contributed by atoms with van der Waals surface area (Å²) in [6, 6.07) is 6.44. The quantitative estimate of drug-likeness (QED) is 0.671. The highest BCUT2D eigenvalue weighted by Crippen LogP contribution is 2.25. The normalized spacial score (nSPS) is 19.1. The van der Waals surface area contributed by atoms with E-state index in [0.717, 1.165) is 25.7 Å². The van der Waals surface area contributed by atoms with Crippen molar-refractivity contribution in [1.82, 2.24) is 9.97 Å². The number of nitrogens with one attached hydrogen (secondary N) is 2. The molecule has 1 aliphatic carbocycles. The van der Waals surface area contributed by atoms with Crippen molar-refractivity contribution in [3.05, 3.63) is 41.4 Å². The first-order chi connectivity index (χ1) is 13.5. The van der Waals surface area contributed by atoms with E-state index in [0.29, 0.717) is 17.3 Å². The summed E-state index contributed by atoms with van der Waals surface area (Å²) >= 11 is 5.80. The molecule has 0 unspecified atom stereocenters. The molecule has 28 heavy (non-hydrogen) atoms. The SMILES string of the molecule is COC(=O)COC1CCC(Nc2cc(Nc3ccc(F)c(Cl)c3)ncn2)CC1. The maximum atomic E-state index is 13.3. The molecular weight excluding hydrogens is 387 g/mol. The van der Waals surface area contributed by atoms with Gasteiger partial charge in [-0.15, -0.1) is 0 Å². The summed E-state index contributed by atoms with van der Waals surface area (Å²) < 4.78 is 23.4. The van der Waals surface area contributed by atoms with Crippen LogP contribution in [0.5, 0.6) is 0 Å². The number of nitrogens with zero attached hydrogens (tertiary/aromatic N) is 2. The Balaban J connectivity index is 1.51. The van der Waals surface area contributed by atoms with Crippen molar-refractivity contribution < 1.29 is 18.7 Å². The maximum Gasteiger partial charge on any atom is 0.331 e. The van der Waals surface area contributed by atoms with E-state index >= 15 is 0 Å². The molecule has 0 saturated heterocycles. The standard InChI is InChI=1S/C19H22ClFN4O3/c1-27-19(26)10-28-14-5-2-12(3-6-14)24-17-9-18(23-11-22-17)25-13-4-7-16(21)15(20)8-13/h4,7-9,11-12,14H,2-3,5-6,10H2,1H3,(H2,22,23,24,25). The summed E-state index contributed by atoms with van der Waals surface area (Å²) in [5.41, 5.74) is 0.638. The maximum absolute atomic E-state index is 13.3. The van der Waals surface area contributed by atoms with Gasteiger partial charge in [-0.25, -0.2) is 19.2 Å². The molecule has 0 atom stereocenters. The predicted octanol–water partition coefficient (Wildman–Crippen LogP) is 3.93. The second kappa shape index (κ2) is 9.66. The lowest BCUT2D eigenvalue weighted by Gasteiger charge is -2.29. The number of carbonyl (C=O) groups is 1. The molecule has 9 heteroatoms. The zero-order valence-electron chi connectivity index (χ0n) is 15.5. The molecule has 0 aliphatic heterocycles. The zero-order chi connectivity index (χ0) is 19.9. The summed E-state index contributed by atoms with van der Waals surface area (Å²) in [6.07, 6.45) is 5.07. The van der Waals surface area contributed by atoms with Crippen LogP contribution in [0.1, 0.15) is 25.7 Å². The molecule has 2 aromatic rings. The van der Waals surface area contributed by atoms with Crippen LogP contribution in [0.2, 0.25) is 5.02 Å². The Morgan fingerprint density at radius 1 is 1.21 bits per heavy atom. The lowest BCUT2D eigenvalue weighted by atomic mass is 9.93. The molecule has 0 amide bonds. The molecule has 2 N–H and O–H groups in total. The van der Waals surface area contributed by atoms with Gasteiger partial charge < -0.3 is 20.1 Å². The van der Waals surface area contributed by atoms with E-state index in [2.05, 4.69) is 25.3 Å². The van der Waals surface area contributed by atoms with Crippen LogP contribution in [0.25, 0.3) is 0 Å². The fourth-order valence-electron chi connectivity index (χ4n) is 3.05. The van der Waals surface area contributed by atoms with E-state index in [1.165, 1.54) is 25.6 Å². The number of halogens is 2. The van der Waals surface area contributed by atoms with Crippen molar-refractivity contribution in [2.24, 2.45) is 0 Å². The summed E-state index contributed by atoms with van der Waals surface area (Å²) in [4.78, 5) is 19.6. The second-order valence-corrected chi connectivity index (χ2v) is 6.95. The van der Waals surface area contributed by atoms with Gasteiger partial charge in [-0.1, -0.05) is 11.6 Å². The second-order valence-electron chi connectivity index (χ2n) is 6.55. The van der Waals surface area contributed by atoms with Gasteiger partial charge in [0.2, 0.25) is 0 Å². The average molecular weight is 409 g/mol. The Labute approximate surface area is 167 Å². The highest BCUT2D eigenvalue weighted by molar-refractivity contribution is 6.31. The number of benzene rings is 1. The first-order valence-corrected chi connectivity index (χ1v) is 9.40. The Kier molecular flexibility index (Phi) is 7.00. The van der Waals surface area contributed by atoms with Gasteiger partial charge in [0.1, 0.15) is 30.4 Å². The summed E-state index contributed by atoms with van der Waals surface area (Å²) in [7, 11) is 1.35. The van der Waals surface area contributed by atoms with Gasteiger partial charge >= 0.3 is 5.97 Å². The van der Waals surface area contributed by atoms with Crippen LogP contribution in [0.3, 0.4) is 0 Å². The third kappa shape index (κ3) is 5.77. The predicted molar refractivity (Wildman–Crippen MR) is 104 cm³/mol. The van der Waals surface area contributed by atoms with Gasteiger partial charge in [0.05, 0.1) is 18.2 Å². The van der Waals surface area contributed by atoms with E-state index in [1.807, 2.05) is 0 Å². The zero-order valence-corrected chi connectivity index (χ0v) is 16.2. The van der Waals surface area contributed by atoms with Crippen molar-refractivity contribution in [1.29, 1.82) is 0 Å². The van der Waals surface area contributed by atoms with Gasteiger partial charge in [-0.2, -0.15) is 0 Å². The van der Waals surface area contributed by atoms with Gasteiger partial charge in [0.15, 0.2) is 0 Å². The molecule has 1 fully saturated rings. The lowest BCUT2D eigenvalue weighted by Crippen LogP contribution is -2.31. The van der Waals surface area contributed by atoms with Crippen LogP contribution < -0.4 is 10.6 Å². The number of esters is 1. The van der Waals surface area contributed by atoms with Gasteiger partial charge in [0.25, 0.3) is 0 Å². The Morgan fingerprint density at radius 2 is 1.96 bits per heavy atom. The van der Waals surface area contributed by atoms with Crippen LogP contribution in [-0.4, -0.2) is 41.8 Å². The fourth-order valence-corrected chi connectivity index (χ4v) is 3.23. The van der Waals surface area contributed by atoms with Crippen LogP contribution in [0.4, 0.5) is 21.7 Å². The molecule has 1 aromatic heterocycles. The first kappa shape index (κ1) is 20.3. The average Bonchev–Trinajstić information content (AvgIpc) is 2.70. The third-order valence-electron chi connectivity index (χ3n) is 4.55. The minimum absolute atomic E-state index is 0.00635. The minimum atomic E-state index is -0.469. The van der Waals surface area contributed by atoms with Gasteiger partial charge in [-0.05, 0) is 43.9 Å². The van der Waals surface area contributed by atoms with Crippen molar-refractivity contribution >= 4 is 34.9 Å². The van der Waals surface area contributed by atoms with Crippen molar-refractivity contribution in [3.63, 3.8) is 0 Å². The molecule has 3 rings (SSSR count). The smallest absolute Gasteiger partial charge is 0.331 e. The number of aromatic nitrogens is 2. The monoisotopic (exact) mass is 408 g/mol. The molecular formula is C19H22ClFN4O3. The van der Waals surface area contributed by atoms with E-state index in [9.17, 15) is 9.18 Å². The van der Waals surface area contributed by atoms with E-state index in [4.69, 9.17) is 16.3 Å². The van der Waals surface area contributed by atoms with Crippen LogP contribution in [-0.2, 0) is 14.3 Å². The van der Waals surface area contributed by atoms with Crippen molar-refractivity contribution in [2.75, 3.05) is 24.4 Å². The Morgan fingerprint density at radius 3 is 2.68 bits per heavy atom. The van der Waals surface area contributed by atoms with Crippen LogP contribution >= 0.6 is 11.6 Å². The van der Waals surface area contributed by atoms with Crippen LogP contribution in [0.15, 0.2) is 30.6 Å². The highest BCUT2D eigenvalue weighted by Gasteiger charge is 2.22. The number of ether oxygens (including phenoxy) is 2. The van der Waals surface area contributed by atoms with Gasteiger partial charge in [-0.3, -0.25) is 0 Å². The fraction of sp³-hybridized carbons (Fsp3) is 0.421. The summed E-state index contributed by atoms with van der Waals surface area (Å²) in [6.45, 7) is -0.00635. The minimum Gasteiger partial charge on any atom is -0.467 e. The molecule has 0 radical (unpaired) electrons. The van der Waals surface area contributed by atoms with Crippen LogP contribution in [0, 0.1) is 5.82 Å². The lowest BCUT2D eigenvalue weighted by molar-refractivity contribution is -0.148. The number of anilines is 3. The first-order valence-electron chi connectivity index (χ1n) is 9.02. The highest BCUT2D eigenvalue weighted by atomic mass is 35.5.